The Hall–Kier alpha value is -2.11. The highest BCUT2D eigenvalue weighted by Crippen LogP contribution is 2.33. The van der Waals surface area contributed by atoms with Crippen LogP contribution in [0.1, 0.15) is 72.6 Å². The number of piperidine rings is 1. The Labute approximate surface area is 129 Å². The zero-order valence-electron chi connectivity index (χ0n) is 13.3. The first-order chi connectivity index (χ1) is 10.6. The van der Waals surface area contributed by atoms with Gasteiger partial charge in [0.15, 0.2) is 0 Å². The molecule has 1 N–H and O–H groups in total. The van der Waals surface area contributed by atoms with E-state index < -0.39 is 0 Å². The molecule has 6 nitrogen and oxygen atoms in total. The van der Waals surface area contributed by atoms with Crippen molar-refractivity contribution < 1.29 is 9.32 Å². The molecule has 1 fully saturated rings. The number of rotatable bonds is 3. The van der Waals surface area contributed by atoms with Crippen LogP contribution in [0, 0.1) is 6.92 Å². The fraction of sp³-hybridized carbons (Fsp3) is 0.562. The third-order valence-corrected chi connectivity index (χ3v) is 4.29. The van der Waals surface area contributed by atoms with Crippen molar-refractivity contribution >= 4 is 5.91 Å². The first kappa shape index (κ1) is 14.8. The number of hydrogen-bond donors (Lipinski definition) is 1. The molecule has 1 aliphatic heterocycles. The maximum atomic E-state index is 13.1. The van der Waals surface area contributed by atoms with Gasteiger partial charge < -0.3 is 9.42 Å². The first-order valence-electron chi connectivity index (χ1n) is 7.86. The molecule has 2 aromatic heterocycles. The van der Waals surface area contributed by atoms with Crippen molar-refractivity contribution in [1.29, 1.82) is 0 Å². The van der Waals surface area contributed by atoms with E-state index in [1.807, 2.05) is 24.8 Å². The van der Waals surface area contributed by atoms with E-state index in [0.29, 0.717) is 11.3 Å². The highest BCUT2D eigenvalue weighted by Gasteiger charge is 2.33. The van der Waals surface area contributed by atoms with Crippen LogP contribution in [0.2, 0.25) is 0 Å². The standard InChI is InChI=1S/C16H22N4O2/c1-10(2)15-14(11(3)22-19-15)16(21)20-9-5-4-6-13(20)12-7-8-17-18-12/h7-8,10,13H,4-6,9H2,1-3H3,(H,17,18)/t13-/m0/s1. The van der Waals surface area contributed by atoms with Gasteiger partial charge in [-0.2, -0.15) is 5.10 Å². The summed E-state index contributed by atoms with van der Waals surface area (Å²) in [5, 5.41) is 11.1. The summed E-state index contributed by atoms with van der Waals surface area (Å²) in [5.41, 5.74) is 2.37. The van der Waals surface area contributed by atoms with Crippen LogP contribution in [0.25, 0.3) is 0 Å². The Morgan fingerprint density at radius 3 is 2.95 bits per heavy atom. The molecule has 3 rings (SSSR count). The number of amides is 1. The van der Waals surface area contributed by atoms with Gasteiger partial charge in [0.2, 0.25) is 0 Å². The fourth-order valence-corrected chi connectivity index (χ4v) is 3.14. The van der Waals surface area contributed by atoms with Gasteiger partial charge >= 0.3 is 0 Å². The molecule has 1 saturated heterocycles. The number of carbonyl (C=O) groups is 1. The lowest BCUT2D eigenvalue weighted by Gasteiger charge is -2.35. The van der Waals surface area contributed by atoms with E-state index in [-0.39, 0.29) is 17.9 Å². The van der Waals surface area contributed by atoms with Crippen molar-refractivity contribution in [3.05, 3.63) is 35.0 Å². The normalized spacial score (nSPS) is 18.9. The molecule has 0 saturated carbocycles. The monoisotopic (exact) mass is 302 g/mol. The van der Waals surface area contributed by atoms with Gasteiger partial charge in [0.1, 0.15) is 11.3 Å². The second kappa shape index (κ2) is 5.94. The van der Waals surface area contributed by atoms with Crippen LogP contribution in [0.3, 0.4) is 0 Å². The summed E-state index contributed by atoms with van der Waals surface area (Å²) in [7, 11) is 0. The number of hydrogen-bond acceptors (Lipinski definition) is 4. The number of carbonyl (C=O) groups excluding carboxylic acids is 1. The highest BCUT2D eigenvalue weighted by atomic mass is 16.5. The van der Waals surface area contributed by atoms with Crippen molar-refractivity contribution in [2.45, 2.75) is 52.0 Å². The molecule has 0 unspecified atom stereocenters. The number of likely N-dealkylation sites (tertiary alicyclic amines) is 1. The molecule has 1 amide bonds. The molecule has 0 spiro atoms. The number of H-pyrrole nitrogens is 1. The predicted octanol–water partition coefficient (Wildman–Crippen LogP) is 3.20. The zero-order chi connectivity index (χ0) is 15.7. The third-order valence-electron chi connectivity index (χ3n) is 4.29. The highest BCUT2D eigenvalue weighted by molar-refractivity contribution is 5.96. The van der Waals surface area contributed by atoms with Crippen LogP contribution in [0.4, 0.5) is 0 Å². The first-order valence-corrected chi connectivity index (χ1v) is 7.86. The maximum Gasteiger partial charge on any atom is 0.259 e. The molecule has 1 aliphatic rings. The topological polar surface area (TPSA) is 75.0 Å². The Balaban J connectivity index is 1.94. The van der Waals surface area contributed by atoms with Crippen molar-refractivity contribution in [3.63, 3.8) is 0 Å². The molecule has 0 radical (unpaired) electrons. The summed E-state index contributed by atoms with van der Waals surface area (Å²) in [4.78, 5) is 15.0. The minimum atomic E-state index is 0.0155. The van der Waals surface area contributed by atoms with E-state index in [2.05, 4.69) is 15.4 Å². The van der Waals surface area contributed by atoms with Crippen molar-refractivity contribution in [2.24, 2.45) is 0 Å². The van der Waals surface area contributed by atoms with E-state index in [1.54, 1.807) is 13.1 Å². The summed E-state index contributed by atoms with van der Waals surface area (Å²) in [6, 6.07) is 2.00. The molecule has 22 heavy (non-hydrogen) atoms. The van der Waals surface area contributed by atoms with Gasteiger partial charge in [0.05, 0.1) is 17.4 Å². The van der Waals surface area contributed by atoms with Gasteiger partial charge in [0, 0.05) is 12.7 Å². The Morgan fingerprint density at radius 2 is 2.27 bits per heavy atom. The predicted molar refractivity (Wildman–Crippen MR) is 81.5 cm³/mol. The lowest BCUT2D eigenvalue weighted by molar-refractivity contribution is 0.0603. The molecule has 118 valence electrons. The largest absolute Gasteiger partial charge is 0.361 e. The second-order valence-corrected chi connectivity index (χ2v) is 6.18. The number of aromatic nitrogens is 3. The minimum absolute atomic E-state index is 0.0155. The van der Waals surface area contributed by atoms with E-state index >= 15 is 0 Å². The molecule has 2 aromatic rings. The minimum Gasteiger partial charge on any atom is -0.361 e. The van der Waals surface area contributed by atoms with Crippen LogP contribution in [-0.2, 0) is 0 Å². The van der Waals surface area contributed by atoms with E-state index in [0.717, 1.165) is 37.2 Å². The van der Waals surface area contributed by atoms with Gasteiger partial charge in [0.25, 0.3) is 5.91 Å². The van der Waals surface area contributed by atoms with E-state index in [9.17, 15) is 4.79 Å². The van der Waals surface area contributed by atoms with Crippen LogP contribution in [-0.4, -0.2) is 32.7 Å². The Kier molecular flexibility index (Phi) is 4.00. The second-order valence-electron chi connectivity index (χ2n) is 6.18. The van der Waals surface area contributed by atoms with Crippen LogP contribution in [0.5, 0.6) is 0 Å². The van der Waals surface area contributed by atoms with Crippen LogP contribution in [0.15, 0.2) is 16.8 Å². The van der Waals surface area contributed by atoms with Gasteiger partial charge in [-0.1, -0.05) is 19.0 Å². The average Bonchev–Trinajstić information content (AvgIpc) is 3.16. The molecule has 0 aromatic carbocycles. The maximum absolute atomic E-state index is 13.1. The van der Waals surface area contributed by atoms with Gasteiger partial charge in [-0.25, -0.2) is 0 Å². The molecule has 0 aliphatic carbocycles. The Morgan fingerprint density at radius 1 is 1.45 bits per heavy atom. The summed E-state index contributed by atoms with van der Waals surface area (Å²) in [6.45, 7) is 6.61. The Bertz CT molecular complexity index is 645. The lowest BCUT2D eigenvalue weighted by Crippen LogP contribution is -2.39. The quantitative estimate of drug-likeness (QED) is 0.944. The van der Waals surface area contributed by atoms with Crippen molar-refractivity contribution in [2.75, 3.05) is 6.54 Å². The summed E-state index contributed by atoms with van der Waals surface area (Å²) in [5.74, 6) is 0.774. The molecule has 3 heterocycles. The third kappa shape index (κ3) is 2.53. The average molecular weight is 302 g/mol. The van der Waals surface area contributed by atoms with Crippen molar-refractivity contribution in [1.82, 2.24) is 20.3 Å². The summed E-state index contributed by atoms with van der Waals surface area (Å²) < 4.78 is 5.28. The molecule has 0 bridgehead atoms. The number of aromatic amines is 1. The molecular weight excluding hydrogens is 280 g/mol. The lowest BCUT2D eigenvalue weighted by atomic mass is 9.96. The molecular formula is C16H22N4O2. The van der Waals surface area contributed by atoms with Gasteiger partial charge in [-0.15, -0.1) is 0 Å². The summed E-state index contributed by atoms with van der Waals surface area (Å²) in [6.07, 6.45) is 4.83. The van der Waals surface area contributed by atoms with Crippen LogP contribution >= 0.6 is 0 Å². The zero-order valence-corrected chi connectivity index (χ0v) is 13.3. The molecule has 6 heteroatoms. The number of nitrogens with one attached hydrogen (secondary N) is 1. The number of aryl methyl sites for hydroxylation is 1. The smallest absolute Gasteiger partial charge is 0.259 e. The van der Waals surface area contributed by atoms with E-state index in [4.69, 9.17) is 4.52 Å². The van der Waals surface area contributed by atoms with Gasteiger partial charge in [-0.05, 0) is 38.2 Å². The van der Waals surface area contributed by atoms with E-state index in [1.165, 1.54) is 0 Å². The SMILES string of the molecule is Cc1onc(C(C)C)c1C(=O)N1CCCC[C@H]1c1ccn[nH]1. The van der Waals surface area contributed by atoms with Gasteiger partial charge in [-0.3, -0.25) is 9.89 Å². The number of nitrogens with zero attached hydrogens (tertiary/aromatic N) is 3. The molecule has 1 atom stereocenters. The van der Waals surface area contributed by atoms with Crippen LogP contribution < -0.4 is 0 Å². The fourth-order valence-electron chi connectivity index (χ4n) is 3.14. The van der Waals surface area contributed by atoms with Crippen molar-refractivity contribution in [3.8, 4) is 0 Å². The summed E-state index contributed by atoms with van der Waals surface area (Å²) >= 11 is 0.